The van der Waals surface area contributed by atoms with Crippen LogP contribution < -0.4 is 10.2 Å². The van der Waals surface area contributed by atoms with Crippen molar-refractivity contribution in [1.29, 1.82) is 0 Å². The van der Waals surface area contributed by atoms with Crippen LogP contribution in [0.2, 0.25) is 0 Å². The van der Waals surface area contributed by atoms with Crippen molar-refractivity contribution in [3.63, 3.8) is 0 Å². The number of fused-ring (bicyclic) bond motifs is 1. The molecule has 160 valence electrons. The molecule has 0 radical (unpaired) electrons. The zero-order valence-corrected chi connectivity index (χ0v) is 17.8. The first-order valence-corrected chi connectivity index (χ1v) is 11.1. The maximum absolute atomic E-state index is 13.6. The molecule has 32 heavy (non-hydrogen) atoms. The van der Waals surface area contributed by atoms with Gasteiger partial charge < -0.3 is 15.2 Å². The van der Waals surface area contributed by atoms with Gasteiger partial charge >= 0.3 is 0 Å². The molecule has 1 aliphatic heterocycles. The number of rotatable bonds is 7. The van der Waals surface area contributed by atoms with Gasteiger partial charge in [0.25, 0.3) is 0 Å². The summed E-state index contributed by atoms with van der Waals surface area (Å²) in [7, 11) is 0. The Hall–Kier alpha value is -3.70. The first-order valence-electron chi connectivity index (χ1n) is 11.1. The van der Waals surface area contributed by atoms with Gasteiger partial charge in [-0.25, -0.2) is 0 Å². The Balaban J connectivity index is 1.37. The standard InChI is InChI=1S/C27H25N3O2/c31-25-11-6-16-30(25)21-14-12-19(13-15-21)17-29-26(20-7-2-1-3-8-20)27(32)23-18-28-24-10-5-4-9-22(23)24/h1-5,7-10,12-15,18,26,28-29H,6,11,16-17H2/p+1/t26-/m1/s1. The van der Waals surface area contributed by atoms with Crippen LogP contribution in [0, 0.1) is 0 Å². The van der Waals surface area contributed by atoms with Gasteiger partial charge in [-0.2, -0.15) is 0 Å². The number of nitrogens with zero attached hydrogens (tertiary/aromatic N) is 1. The van der Waals surface area contributed by atoms with Gasteiger partial charge in [0, 0.05) is 52.4 Å². The molecule has 5 rings (SSSR count). The Morgan fingerprint density at radius 1 is 0.969 bits per heavy atom. The number of hydrogen-bond acceptors (Lipinski definition) is 2. The predicted octanol–water partition coefficient (Wildman–Crippen LogP) is 3.98. The number of benzene rings is 3. The van der Waals surface area contributed by atoms with Crippen LogP contribution in [-0.2, 0) is 11.3 Å². The molecule has 1 fully saturated rings. The molecule has 0 saturated carbocycles. The average molecular weight is 425 g/mol. The van der Waals surface area contributed by atoms with Crippen molar-refractivity contribution in [3.05, 3.63) is 102 Å². The number of carbonyl (C=O) groups is 2. The van der Waals surface area contributed by atoms with Crippen LogP contribution in [0.4, 0.5) is 5.69 Å². The Labute approximate surface area is 187 Å². The zero-order chi connectivity index (χ0) is 21.9. The molecule has 1 aromatic heterocycles. The third kappa shape index (κ3) is 3.95. The third-order valence-corrected chi connectivity index (χ3v) is 6.21. The lowest BCUT2D eigenvalue weighted by Gasteiger charge is -2.17. The number of para-hydroxylation sites is 1. The van der Waals surface area contributed by atoms with Gasteiger partial charge in [0.05, 0.1) is 0 Å². The highest BCUT2D eigenvalue weighted by Crippen LogP contribution is 2.24. The summed E-state index contributed by atoms with van der Waals surface area (Å²) in [4.78, 5) is 30.7. The molecular formula is C27H26N3O2+. The Morgan fingerprint density at radius 2 is 1.72 bits per heavy atom. The molecule has 5 nitrogen and oxygen atoms in total. The summed E-state index contributed by atoms with van der Waals surface area (Å²) >= 11 is 0. The number of aromatic nitrogens is 1. The Kier molecular flexibility index (Phi) is 5.57. The molecular weight excluding hydrogens is 398 g/mol. The van der Waals surface area contributed by atoms with Gasteiger partial charge in [-0.15, -0.1) is 0 Å². The molecule has 1 aliphatic rings. The number of H-pyrrole nitrogens is 1. The number of carbonyl (C=O) groups excluding carboxylic acids is 2. The normalized spacial score (nSPS) is 14.8. The number of anilines is 1. The quantitative estimate of drug-likeness (QED) is 0.441. The van der Waals surface area contributed by atoms with Crippen molar-refractivity contribution >= 4 is 28.3 Å². The van der Waals surface area contributed by atoms with E-state index in [2.05, 4.69) is 22.4 Å². The van der Waals surface area contributed by atoms with Crippen LogP contribution in [0.25, 0.3) is 10.9 Å². The molecule has 2 heterocycles. The molecule has 0 unspecified atom stereocenters. The molecule has 3 aromatic carbocycles. The molecule has 5 heteroatoms. The molecule has 4 aromatic rings. The maximum atomic E-state index is 13.6. The molecule has 1 atom stereocenters. The highest BCUT2D eigenvalue weighted by molar-refractivity contribution is 6.09. The van der Waals surface area contributed by atoms with Gasteiger partial charge in [0.1, 0.15) is 6.54 Å². The summed E-state index contributed by atoms with van der Waals surface area (Å²) < 4.78 is 0. The summed E-state index contributed by atoms with van der Waals surface area (Å²) in [6.07, 6.45) is 3.37. The highest BCUT2D eigenvalue weighted by Gasteiger charge is 2.27. The lowest BCUT2D eigenvalue weighted by molar-refractivity contribution is -0.696. The zero-order valence-electron chi connectivity index (χ0n) is 17.8. The summed E-state index contributed by atoms with van der Waals surface area (Å²) in [5.41, 5.74) is 4.74. The van der Waals surface area contributed by atoms with Crippen LogP contribution in [0.5, 0.6) is 0 Å². The van der Waals surface area contributed by atoms with Gasteiger partial charge in [0.2, 0.25) is 11.7 Å². The summed E-state index contributed by atoms with van der Waals surface area (Å²) in [5.74, 6) is 0.283. The molecule has 1 amide bonds. The summed E-state index contributed by atoms with van der Waals surface area (Å²) in [6.45, 7) is 1.46. The van der Waals surface area contributed by atoms with E-state index in [9.17, 15) is 9.59 Å². The van der Waals surface area contributed by atoms with Gasteiger partial charge in [-0.05, 0) is 24.6 Å². The molecule has 3 N–H and O–H groups in total. The van der Waals surface area contributed by atoms with E-state index < -0.39 is 0 Å². The number of nitrogens with one attached hydrogen (secondary N) is 1. The van der Waals surface area contributed by atoms with Gasteiger partial charge in [0.15, 0.2) is 6.04 Å². The van der Waals surface area contributed by atoms with Crippen molar-refractivity contribution in [3.8, 4) is 0 Å². The third-order valence-electron chi connectivity index (χ3n) is 6.21. The van der Waals surface area contributed by atoms with Crippen LogP contribution in [0.15, 0.2) is 85.1 Å². The van der Waals surface area contributed by atoms with Crippen molar-refractivity contribution in [1.82, 2.24) is 4.98 Å². The largest absolute Gasteiger partial charge is 0.360 e. The maximum Gasteiger partial charge on any atom is 0.227 e. The lowest BCUT2D eigenvalue weighted by Crippen LogP contribution is -2.85. The van der Waals surface area contributed by atoms with Crippen molar-refractivity contribution in [2.24, 2.45) is 0 Å². The Morgan fingerprint density at radius 3 is 2.47 bits per heavy atom. The average Bonchev–Trinajstić information content (AvgIpc) is 3.46. The van der Waals surface area contributed by atoms with E-state index in [1.54, 1.807) is 0 Å². The summed E-state index contributed by atoms with van der Waals surface area (Å²) in [5, 5.41) is 3.04. The van der Waals surface area contributed by atoms with E-state index >= 15 is 0 Å². The number of quaternary nitrogens is 1. The molecule has 0 bridgehead atoms. The minimum Gasteiger partial charge on any atom is -0.360 e. The second-order valence-corrected chi connectivity index (χ2v) is 8.26. The van der Waals surface area contributed by atoms with Crippen LogP contribution >= 0.6 is 0 Å². The lowest BCUT2D eigenvalue weighted by atomic mass is 9.96. The van der Waals surface area contributed by atoms with Gasteiger partial charge in [-0.1, -0.05) is 60.7 Å². The van der Waals surface area contributed by atoms with E-state index in [0.29, 0.717) is 18.5 Å². The number of ketones is 1. The molecule has 0 aliphatic carbocycles. The molecule has 0 spiro atoms. The number of amides is 1. The highest BCUT2D eigenvalue weighted by atomic mass is 16.2. The Bertz CT molecular complexity index is 1240. The second kappa shape index (κ2) is 8.81. The minimum absolute atomic E-state index is 0.0907. The fourth-order valence-corrected chi connectivity index (χ4v) is 4.48. The van der Waals surface area contributed by atoms with E-state index in [4.69, 9.17) is 0 Å². The fraction of sp³-hybridized carbons (Fsp3) is 0.185. The minimum atomic E-state index is -0.338. The van der Waals surface area contributed by atoms with E-state index in [1.165, 1.54) is 0 Å². The number of hydrogen-bond donors (Lipinski definition) is 2. The predicted molar refractivity (Wildman–Crippen MR) is 125 cm³/mol. The van der Waals surface area contributed by atoms with Gasteiger partial charge in [-0.3, -0.25) is 9.59 Å². The number of aromatic amines is 1. The van der Waals surface area contributed by atoms with Crippen LogP contribution in [0.3, 0.4) is 0 Å². The SMILES string of the molecule is O=C(c1c[nH]c2ccccc12)[C@H]([NH2+]Cc1ccc(N2CCCC2=O)cc1)c1ccccc1. The van der Waals surface area contributed by atoms with E-state index in [1.807, 2.05) is 77.8 Å². The van der Waals surface area contributed by atoms with Crippen LogP contribution in [0.1, 0.15) is 40.4 Å². The van der Waals surface area contributed by atoms with Crippen LogP contribution in [-0.4, -0.2) is 23.2 Å². The van der Waals surface area contributed by atoms with Crippen molar-refractivity contribution < 1.29 is 14.9 Å². The van der Waals surface area contributed by atoms with Crippen molar-refractivity contribution in [2.45, 2.75) is 25.4 Å². The van der Waals surface area contributed by atoms with Crippen molar-refractivity contribution in [2.75, 3.05) is 11.4 Å². The van der Waals surface area contributed by atoms with E-state index in [-0.39, 0.29) is 17.7 Å². The number of nitrogens with two attached hydrogens (primary N) is 1. The monoisotopic (exact) mass is 424 g/mol. The smallest absolute Gasteiger partial charge is 0.227 e. The first-order chi connectivity index (χ1) is 15.7. The van der Waals surface area contributed by atoms with E-state index in [0.717, 1.165) is 40.7 Å². The second-order valence-electron chi connectivity index (χ2n) is 8.26. The molecule has 1 saturated heterocycles. The summed E-state index contributed by atoms with van der Waals surface area (Å²) in [6, 6.07) is 25.6. The number of Topliss-reactive ketones (excluding diaryl/α,β-unsaturated/α-hetero) is 1. The fourth-order valence-electron chi connectivity index (χ4n) is 4.48. The first kappa shape index (κ1) is 20.2. The topological polar surface area (TPSA) is 69.8 Å².